The Balaban J connectivity index is 2.99. The molecule has 0 spiro atoms. The predicted octanol–water partition coefficient (Wildman–Crippen LogP) is 3.51. The van der Waals surface area contributed by atoms with Crippen LogP contribution in [0.3, 0.4) is 0 Å². The summed E-state index contributed by atoms with van der Waals surface area (Å²) in [5.41, 5.74) is -0.0933. The molecule has 0 atom stereocenters. The zero-order chi connectivity index (χ0) is 14.6. The van der Waals surface area contributed by atoms with Gasteiger partial charge in [0.25, 0.3) is 0 Å². The standard InChI is InChI=1S/C13H16ClNO4/c1-13(2,3)19-12(17)15-10-6-11(18-4)9(14)5-8(10)7-16/h5-7H,1-4H3,(H,15,17). The van der Waals surface area contributed by atoms with Gasteiger partial charge in [-0.05, 0) is 26.8 Å². The number of hydrogen-bond acceptors (Lipinski definition) is 4. The number of carbonyl (C=O) groups excluding carboxylic acids is 2. The van der Waals surface area contributed by atoms with E-state index in [4.69, 9.17) is 21.1 Å². The third-order valence-electron chi connectivity index (χ3n) is 2.09. The fourth-order valence-corrected chi connectivity index (χ4v) is 1.59. The number of amides is 1. The van der Waals surface area contributed by atoms with E-state index in [-0.39, 0.29) is 11.3 Å². The van der Waals surface area contributed by atoms with Crippen LogP contribution in [0.1, 0.15) is 31.1 Å². The van der Waals surface area contributed by atoms with Crippen LogP contribution in [0.15, 0.2) is 12.1 Å². The molecular weight excluding hydrogens is 270 g/mol. The number of benzene rings is 1. The summed E-state index contributed by atoms with van der Waals surface area (Å²) in [6, 6.07) is 2.88. The van der Waals surface area contributed by atoms with Crippen LogP contribution in [0.2, 0.25) is 5.02 Å². The lowest BCUT2D eigenvalue weighted by molar-refractivity contribution is 0.0636. The normalized spacial score (nSPS) is 10.8. The van der Waals surface area contributed by atoms with Crippen LogP contribution in [0.4, 0.5) is 10.5 Å². The van der Waals surface area contributed by atoms with Crippen molar-refractivity contribution in [2.24, 2.45) is 0 Å². The van der Waals surface area contributed by atoms with Crippen LogP contribution >= 0.6 is 11.6 Å². The molecular formula is C13H16ClNO4. The highest BCUT2D eigenvalue weighted by molar-refractivity contribution is 6.32. The van der Waals surface area contributed by atoms with Crippen molar-refractivity contribution < 1.29 is 19.1 Å². The molecule has 1 rings (SSSR count). The number of anilines is 1. The molecule has 0 saturated heterocycles. The molecule has 1 aromatic rings. The summed E-state index contributed by atoms with van der Waals surface area (Å²) in [4.78, 5) is 22.6. The van der Waals surface area contributed by atoms with Crippen LogP contribution in [0, 0.1) is 0 Å². The maximum Gasteiger partial charge on any atom is 0.412 e. The number of carbonyl (C=O) groups is 2. The number of nitrogens with one attached hydrogen (secondary N) is 1. The minimum absolute atomic E-state index is 0.247. The second-order valence-corrected chi connectivity index (χ2v) is 5.23. The van der Waals surface area contributed by atoms with Gasteiger partial charge in [-0.3, -0.25) is 10.1 Å². The third kappa shape index (κ3) is 4.44. The van der Waals surface area contributed by atoms with Crippen molar-refractivity contribution >= 4 is 29.7 Å². The van der Waals surface area contributed by atoms with Gasteiger partial charge in [0.1, 0.15) is 11.4 Å². The molecule has 19 heavy (non-hydrogen) atoms. The van der Waals surface area contributed by atoms with Gasteiger partial charge in [-0.15, -0.1) is 0 Å². The van der Waals surface area contributed by atoms with Crippen molar-refractivity contribution in [2.75, 3.05) is 12.4 Å². The Labute approximate surface area is 116 Å². The first-order valence-corrected chi connectivity index (χ1v) is 5.97. The molecule has 104 valence electrons. The predicted molar refractivity (Wildman–Crippen MR) is 73.2 cm³/mol. The summed E-state index contributed by atoms with van der Waals surface area (Å²) >= 11 is 5.90. The Morgan fingerprint density at radius 1 is 1.37 bits per heavy atom. The topological polar surface area (TPSA) is 64.6 Å². The van der Waals surface area contributed by atoms with Gasteiger partial charge in [0.2, 0.25) is 0 Å². The molecule has 0 aliphatic heterocycles. The van der Waals surface area contributed by atoms with E-state index in [0.29, 0.717) is 17.1 Å². The minimum Gasteiger partial charge on any atom is -0.495 e. The van der Waals surface area contributed by atoms with Gasteiger partial charge in [0.05, 0.1) is 17.8 Å². The molecule has 0 heterocycles. The molecule has 0 aliphatic carbocycles. The van der Waals surface area contributed by atoms with E-state index >= 15 is 0 Å². The van der Waals surface area contributed by atoms with Crippen molar-refractivity contribution in [1.29, 1.82) is 0 Å². The third-order valence-corrected chi connectivity index (χ3v) is 2.38. The number of ether oxygens (including phenoxy) is 2. The van der Waals surface area contributed by atoms with Crippen LogP contribution in [-0.4, -0.2) is 25.1 Å². The van der Waals surface area contributed by atoms with E-state index in [0.717, 1.165) is 0 Å². The summed E-state index contributed by atoms with van der Waals surface area (Å²) in [6.45, 7) is 5.24. The first-order chi connectivity index (χ1) is 8.76. The van der Waals surface area contributed by atoms with E-state index in [1.165, 1.54) is 19.2 Å². The molecule has 0 bridgehead atoms. The van der Waals surface area contributed by atoms with Gasteiger partial charge in [-0.1, -0.05) is 11.6 Å². The second-order valence-electron chi connectivity index (χ2n) is 4.82. The Bertz CT molecular complexity index is 494. The maximum atomic E-state index is 11.7. The van der Waals surface area contributed by atoms with Crippen molar-refractivity contribution in [3.63, 3.8) is 0 Å². The van der Waals surface area contributed by atoms with E-state index in [1.807, 2.05) is 0 Å². The minimum atomic E-state index is -0.653. The van der Waals surface area contributed by atoms with Gasteiger partial charge in [-0.25, -0.2) is 4.79 Å². The van der Waals surface area contributed by atoms with Crippen LogP contribution < -0.4 is 10.1 Å². The molecule has 1 aromatic carbocycles. The number of rotatable bonds is 3. The number of hydrogen-bond donors (Lipinski definition) is 1. The maximum absolute atomic E-state index is 11.7. The second kappa shape index (κ2) is 5.93. The van der Waals surface area contributed by atoms with Gasteiger partial charge in [-0.2, -0.15) is 0 Å². The summed E-state index contributed by atoms with van der Waals surface area (Å²) in [7, 11) is 1.44. The highest BCUT2D eigenvalue weighted by Gasteiger charge is 2.18. The SMILES string of the molecule is COc1cc(NC(=O)OC(C)(C)C)c(C=O)cc1Cl. The van der Waals surface area contributed by atoms with Crippen LogP contribution in [-0.2, 0) is 4.74 Å². The van der Waals surface area contributed by atoms with Gasteiger partial charge < -0.3 is 9.47 Å². The van der Waals surface area contributed by atoms with E-state index in [2.05, 4.69) is 5.32 Å². The molecule has 0 radical (unpaired) electrons. The summed E-state index contributed by atoms with van der Waals surface area (Å²) in [5.74, 6) is 0.360. The van der Waals surface area contributed by atoms with Crippen LogP contribution in [0.5, 0.6) is 5.75 Å². The quantitative estimate of drug-likeness (QED) is 0.863. The smallest absolute Gasteiger partial charge is 0.412 e. The Kier molecular flexibility index (Phi) is 4.78. The molecule has 5 nitrogen and oxygen atoms in total. The van der Waals surface area contributed by atoms with E-state index in [1.54, 1.807) is 20.8 Å². The van der Waals surface area contributed by atoms with Crippen molar-refractivity contribution in [3.8, 4) is 5.75 Å². The van der Waals surface area contributed by atoms with Gasteiger partial charge in [0.15, 0.2) is 6.29 Å². The van der Waals surface area contributed by atoms with Crippen molar-refractivity contribution in [1.82, 2.24) is 0 Å². The molecule has 1 amide bonds. The molecule has 0 aliphatic rings. The van der Waals surface area contributed by atoms with Crippen molar-refractivity contribution in [2.45, 2.75) is 26.4 Å². The molecule has 0 aromatic heterocycles. The molecule has 0 saturated carbocycles. The zero-order valence-electron chi connectivity index (χ0n) is 11.2. The molecule has 6 heteroatoms. The Hall–Kier alpha value is -1.75. The first-order valence-electron chi connectivity index (χ1n) is 5.59. The summed E-state index contributed by atoms with van der Waals surface area (Å²) in [6.07, 6.45) is -0.0575. The lowest BCUT2D eigenvalue weighted by atomic mass is 10.2. The van der Waals surface area contributed by atoms with E-state index in [9.17, 15) is 9.59 Å². The Morgan fingerprint density at radius 2 is 2.00 bits per heavy atom. The first kappa shape index (κ1) is 15.3. The summed E-state index contributed by atoms with van der Waals surface area (Å²) < 4.78 is 10.1. The average Bonchev–Trinajstić information content (AvgIpc) is 2.28. The molecule has 0 fully saturated rings. The highest BCUT2D eigenvalue weighted by Crippen LogP contribution is 2.30. The van der Waals surface area contributed by atoms with Gasteiger partial charge in [0, 0.05) is 11.6 Å². The molecule has 0 unspecified atom stereocenters. The Morgan fingerprint density at radius 3 is 2.47 bits per heavy atom. The number of methoxy groups -OCH3 is 1. The number of aldehydes is 1. The van der Waals surface area contributed by atoms with Gasteiger partial charge >= 0.3 is 6.09 Å². The lowest BCUT2D eigenvalue weighted by Crippen LogP contribution is -2.27. The zero-order valence-corrected chi connectivity index (χ0v) is 12.0. The fraction of sp³-hybridized carbons (Fsp3) is 0.385. The largest absolute Gasteiger partial charge is 0.495 e. The fourth-order valence-electron chi connectivity index (χ4n) is 1.34. The van der Waals surface area contributed by atoms with Crippen molar-refractivity contribution in [3.05, 3.63) is 22.7 Å². The number of halogens is 1. The van der Waals surface area contributed by atoms with Crippen LogP contribution in [0.25, 0.3) is 0 Å². The van der Waals surface area contributed by atoms with E-state index < -0.39 is 11.7 Å². The monoisotopic (exact) mass is 285 g/mol. The lowest BCUT2D eigenvalue weighted by Gasteiger charge is -2.20. The average molecular weight is 286 g/mol. The summed E-state index contributed by atoms with van der Waals surface area (Å²) in [5, 5.41) is 2.78. The molecule has 1 N–H and O–H groups in total. The highest BCUT2D eigenvalue weighted by atomic mass is 35.5.